The second-order valence-corrected chi connectivity index (χ2v) is 8.51. The maximum Gasteiger partial charge on any atom is 0.573 e. The van der Waals surface area contributed by atoms with Gasteiger partial charge >= 0.3 is 12.3 Å². The van der Waals surface area contributed by atoms with Crippen LogP contribution in [0, 0.1) is 0 Å². The molecule has 6 nitrogen and oxygen atoms in total. The number of hydrogen-bond acceptors (Lipinski definition) is 4. The maximum atomic E-state index is 13.7. The Morgan fingerprint density at radius 1 is 1.09 bits per heavy atom. The summed E-state index contributed by atoms with van der Waals surface area (Å²) >= 11 is 0. The van der Waals surface area contributed by atoms with E-state index in [1.165, 1.54) is 39.9 Å². The topological polar surface area (TPSA) is 60.8 Å². The van der Waals surface area contributed by atoms with Gasteiger partial charge in [-0.25, -0.2) is 4.79 Å². The lowest BCUT2D eigenvalue weighted by molar-refractivity contribution is -0.274. The molecular formula is C26H25F3N2O4. The molecule has 0 bridgehead atoms. The van der Waals surface area contributed by atoms with E-state index in [0.29, 0.717) is 17.2 Å². The second-order valence-electron chi connectivity index (χ2n) is 8.51. The number of aromatic nitrogens is 1. The molecule has 2 heterocycles. The maximum absolute atomic E-state index is 13.7. The standard InChI is InChI=1S/C26H25F3N2O4/c1-4-34-25(33)22-6-5-13-30(22)23-20-14-19(35-26(27,28)29)11-12-21(20)31(24(23)32)15-17-7-9-18(10-8-17)16(2)3/h5-14,16,23H,4,15H2,1-3H3. The zero-order valence-electron chi connectivity index (χ0n) is 19.5. The third-order valence-corrected chi connectivity index (χ3v) is 5.85. The number of benzene rings is 2. The van der Waals surface area contributed by atoms with Gasteiger partial charge in [0.2, 0.25) is 0 Å². The van der Waals surface area contributed by atoms with Crippen LogP contribution in [-0.4, -0.2) is 29.4 Å². The Morgan fingerprint density at radius 2 is 1.80 bits per heavy atom. The molecule has 0 saturated carbocycles. The number of carbonyl (C=O) groups excluding carboxylic acids is 2. The Labute approximate surface area is 200 Å². The normalized spacial score (nSPS) is 15.5. The van der Waals surface area contributed by atoms with E-state index in [2.05, 4.69) is 18.6 Å². The number of nitrogens with zero attached hydrogens (tertiary/aromatic N) is 2. The number of anilines is 1. The molecule has 35 heavy (non-hydrogen) atoms. The number of fused-ring (bicyclic) bond motifs is 1. The molecule has 1 aliphatic rings. The molecule has 0 radical (unpaired) electrons. The third kappa shape index (κ3) is 5.03. The van der Waals surface area contributed by atoms with Gasteiger partial charge < -0.3 is 18.9 Å². The van der Waals surface area contributed by atoms with Gasteiger partial charge in [-0.15, -0.1) is 13.2 Å². The number of alkyl halides is 3. The van der Waals surface area contributed by atoms with Gasteiger partial charge in [0.15, 0.2) is 0 Å². The first-order valence-electron chi connectivity index (χ1n) is 11.2. The number of carbonyl (C=O) groups is 2. The summed E-state index contributed by atoms with van der Waals surface area (Å²) in [7, 11) is 0. The first-order valence-corrected chi connectivity index (χ1v) is 11.2. The molecular weight excluding hydrogens is 461 g/mol. The molecule has 2 aromatic carbocycles. The first-order chi connectivity index (χ1) is 16.6. The molecule has 9 heteroatoms. The monoisotopic (exact) mass is 486 g/mol. The number of rotatable bonds is 7. The van der Waals surface area contributed by atoms with E-state index in [1.54, 1.807) is 13.0 Å². The van der Waals surface area contributed by atoms with Crippen LogP contribution >= 0.6 is 0 Å². The van der Waals surface area contributed by atoms with Crippen LogP contribution in [0.1, 0.15) is 59.9 Å². The van der Waals surface area contributed by atoms with E-state index in [9.17, 15) is 22.8 Å². The summed E-state index contributed by atoms with van der Waals surface area (Å²) in [5, 5.41) is 0. The lowest BCUT2D eigenvalue weighted by Crippen LogP contribution is -2.31. The summed E-state index contributed by atoms with van der Waals surface area (Å²) in [5.74, 6) is -1.09. The molecule has 0 N–H and O–H groups in total. The fraction of sp³-hybridized carbons (Fsp3) is 0.308. The van der Waals surface area contributed by atoms with Crippen molar-refractivity contribution in [2.75, 3.05) is 11.5 Å². The Hall–Kier alpha value is -3.75. The van der Waals surface area contributed by atoms with Crippen LogP contribution in [0.4, 0.5) is 18.9 Å². The molecule has 0 fully saturated rings. The predicted octanol–water partition coefficient (Wildman–Crippen LogP) is 5.82. The molecule has 0 spiro atoms. The zero-order chi connectivity index (χ0) is 25.3. The van der Waals surface area contributed by atoms with Gasteiger partial charge in [0, 0.05) is 11.8 Å². The fourth-order valence-electron chi connectivity index (χ4n) is 4.21. The minimum atomic E-state index is -4.88. The number of ether oxygens (including phenoxy) is 2. The van der Waals surface area contributed by atoms with Crippen molar-refractivity contribution in [1.29, 1.82) is 0 Å². The first kappa shape index (κ1) is 24.4. The van der Waals surface area contributed by atoms with E-state index in [0.717, 1.165) is 11.1 Å². The van der Waals surface area contributed by atoms with Crippen molar-refractivity contribution in [3.8, 4) is 5.75 Å². The van der Waals surface area contributed by atoms with E-state index < -0.39 is 24.1 Å². The van der Waals surface area contributed by atoms with Crippen LogP contribution in [0.15, 0.2) is 60.8 Å². The molecule has 1 amide bonds. The number of amides is 1. The van der Waals surface area contributed by atoms with Crippen LogP contribution in [-0.2, 0) is 16.1 Å². The van der Waals surface area contributed by atoms with Gasteiger partial charge in [0.1, 0.15) is 17.5 Å². The van der Waals surface area contributed by atoms with E-state index in [4.69, 9.17) is 4.74 Å². The summed E-state index contributed by atoms with van der Waals surface area (Å²) in [6.07, 6.45) is -3.34. The largest absolute Gasteiger partial charge is 0.573 e. The van der Waals surface area contributed by atoms with Crippen LogP contribution in [0.2, 0.25) is 0 Å². The van der Waals surface area contributed by atoms with Crippen LogP contribution in [0.3, 0.4) is 0 Å². The minimum absolute atomic E-state index is 0.126. The smallest absolute Gasteiger partial charge is 0.461 e. The van der Waals surface area contributed by atoms with Crippen LogP contribution < -0.4 is 9.64 Å². The summed E-state index contributed by atoms with van der Waals surface area (Å²) in [5.41, 5.74) is 2.90. The molecule has 1 aromatic heterocycles. The summed E-state index contributed by atoms with van der Waals surface area (Å²) < 4.78 is 49.3. The molecule has 0 aliphatic carbocycles. The average Bonchev–Trinajstić information content (AvgIpc) is 3.36. The molecule has 1 atom stereocenters. The van der Waals surface area contributed by atoms with Gasteiger partial charge in [-0.1, -0.05) is 38.1 Å². The third-order valence-electron chi connectivity index (χ3n) is 5.85. The molecule has 3 aromatic rings. The molecule has 1 unspecified atom stereocenters. The van der Waals surface area contributed by atoms with Crippen molar-refractivity contribution in [3.05, 3.63) is 83.2 Å². The van der Waals surface area contributed by atoms with Crippen LogP contribution in [0.25, 0.3) is 0 Å². The van der Waals surface area contributed by atoms with Crippen molar-refractivity contribution in [3.63, 3.8) is 0 Å². The van der Waals surface area contributed by atoms with Crippen molar-refractivity contribution in [2.45, 2.75) is 45.6 Å². The highest BCUT2D eigenvalue weighted by Gasteiger charge is 2.41. The number of hydrogen-bond donors (Lipinski definition) is 0. The van der Waals surface area contributed by atoms with E-state index in [1.807, 2.05) is 24.3 Å². The highest BCUT2D eigenvalue weighted by atomic mass is 19.4. The van der Waals surface area contributed by atoms with Gasteiger partial charge in [0.05, 0.1) is 18.8 Å². The number of esters is 1. The van der Waals surface area contributed by atoms with Crippen molar-refractivity contribution >= 4 is 17.6 Å². The van der Waals surface area contributed by atoms with Gasteiger partial charge in [-0.05, 0) is 54.3 Å². The fourth-order valence-corrected chi connectivity index (χ4v) is 4.21. The zero-order valence-corrected chi connectivity index (χ0v) is 19.5. The van der Waals surface area contributed by atoms with E-state index in [-0.39, 0.29) is 24.8 Å². The summed E-state index contributed by atoms with van der Waals surface area (Å²) in [6, 6.07) is 13.7. The Morgan fingerprint density at radius 3 is 2.43 bits per heavy atom. The Kier molecular flexibility index (Phi) is 6.60. The van der Waals surface area contributed by atoms with Crippen molar-refractivity contribution in [1.82, 2.24) is 4.57 Å². The van der Waals surface area contributed by atoms with E-state index >= 15 is 0 Å². The van der Waals surface area contributed by atoms with Crippen molar-refractivity contribution < 1.29 is 32.2 Å². The second kappa shape index (κ2) is 9.48. The SMILES string of the molecule is CCOC(=O)c1cccn1C1C(=O)N(Cc2ccc(C(C)C)cc2)c2ccc(OC(F)(F)F)cc21. The summed E-state index contributed by atoms with van der Waals surface area (Å²) in [6.45, 7) is 6.18. The highest BCUT2D eigenvalue weighted by Crippen LogP contribution is 2.42. The molecule has 0 saturated heterocycles. The van der Waals surface area contributed by atoms with Gasteiger partial charge in [0.25, 0.3) is 5.91 Å². The lowest BCUT2D eigenvalue weighted by atomic mass is 10.0. The molecule has 4 rings (SSSR count). The Bertz CT molecular complexity index is 1230. The van der Waals surface area contributed by atoms with Crippen molar-refractivity contribution in [2.24, 2.45) is 0 Å². The van der Waals surface area contributed by atoms with Gasteiger partial charge in [-0.3, -0.25) is 4.79 Å². The van der Waals surface area contributed by atoms with Crippen LogP contribution in [0.5, 0.6) is 5.75 Å². The average molecular weight is 486 g/mol. The summed E-state index contributed by atoms with van der Waals surface area (Å²) in [4.78, 5) is 27.6. The molecule has 184 valence electrons. The molecule has 1 aliphatic heterocycles. The highest BCUT2D eigenvalue weighted by molar-refractivity contribution is 6.05. The quantitative estimate of drug-likeness (QED) is 0.395. The Balaban J connectivity index is 1.76. The number of halogens is 3. The lowest BCUT2D eigenvalue weighted by Gasteiger charge is -2.20. The minimum Gasteiger partial charge on any atom is -0.461 e. The predicted molar refractivity (Wildman–Crippen MR) is 123 cm³/mol. The van der Waals surface area contributed by atoms with Gasteiger partial charge in [-0.2, -0.15) is 0 Å².